The number of rotatable bonds is 8. The lowest BCUT2D eigenvalue weighted by molar-refractivity contribution is -0.384. The molecule has 33 heavy (non-hydrogen) atoms. The second-order valence-corrected chi connectivity index (χ2v) is 7.41. The number of hydrogen-bond acceptors (Lipinski definition) is 7. The maximum Gasteiger partial charge on any atom is 0.326 e. The first-order chi connectivity index (χ1) is 15.7. The lowest BCUT2D eigenvalue weighted by atomic mass is 9.87. The highest BCUT2D eigenvalue weighted by atomic mass is 16.6. The minimum atomic E-state index is -1.28. The van der Waals surface area contributed by atoms with Crippen LogP contribution >= 0.6 is 0 Å². The number of esters is 1. The summed E-state index contributed by atoms with van der Waals surface area (Å²) in [7, 11) is 0. The average Bonchev–Trinajstić information content (AvgIpc) is 3.04. The number of urea groups is 1. The van der Waals surface area contributed by atoms with Gasteiger partial charge in [-0.2, -0.15) is 0 Å². The zero-order chi connectivity index (χ0) is 24.2. The minimum Gasteiger partial charge on any atom is -0.454 e. The topological polar surface area (TPSA) is 148 Å². The van der Waals surface area contributed by atoms with Gasteiger partial charge in [-0.1, -0.05) is 43.3 Å². The number of nitrogens with one attached hydrogen (secondary N) is 2. The van der Waals surface area contributed by atoms with Crippen LogP contribution in [0.1, 0.15) is 24.5 Å². The fourth-order valence-electron chi connectivity index (χ4n) is 3.50. The molecular weight excluding hydrogens is 432 g/mol. The van der Waals surface area contributed by atoms with Gasteiger partial charge >= 0.3 is 12.0 Å². The number of carbonyl (C=O) groups excluding carboxylic acids is 4. The number of carbonyl (C=O) groups is 4. The van der Waals surface area contributed by atoms with Gasteiger partial charge in [-0.25, -0.2) is 4.79 Å². The number of nitro benzene ring substituents is 1. The molecule has 11 heteroatoms. The predicted octanol–water partition coefficient (Wildman–Crippen LogP) is 2.24. The van der Waals surface area contributed by atoms with Gasteiger partial charge in [-0.3, -0.25) is 29.4 Å². The average molecular weight is 454 g/mol. The van der Waals surface area contributed by atoms with Crippen LogP contribution in [0.3, 0.4) is 0 Å². The summed E-state index contributed by atoms with van der Waals surface area (Å²) in [6.45, 7) is 2.04. The summed E-state index contributed by atoms with van der Waals surface area (Å²) in [5, 5.41) is 16.0. The standard InChI is InChI=1S/C22H22N4O7/c1-3-22(15-7-5-4-6-8-15)20(29)25(21(30)24-22)12-19(28)33-13-18(27)23-17-11-16(26(31)32)10-9-14(17)2/h4-11H,3,12-13H2,1-2H3,(H,23,27)(H,24,30). The SMILES string of the molecule is CCC1(c2ccccc2)NC(=O)N(CC(=O)OCC(=O)Nc2cc([N+](=O)[O-])ccc2C)C1=O. The number of nitrogens with zero attached hydrogens (tertiary/aromatic N) is 2. The summed E-state index contributed by atoms with van der Waals surface area (Å²) in [5.41, 5.74) is -0.112. The van der Waals surface area contributed by atoms with Crippen molar-refractivity contribution in [3.05, 3.63) is 69.8 Å². The van der Waals surface area contributed by atoms with Crippen LogP contribution < -0.4 is 10.6 Å². The molecule has 0 bridgehead atoms. The maximum absolute atomic E-state index is 13.0. The molecule has 2 N–H and O–H groups in total. The van der Waals surface area contributed by atoms with Crippen LogP contribution in [0.4, 0.5) is 16.2 Å². The third-order valence-corrected chi connectivity index (χ3v) is 5.33. The fourth-order valence-corrected chi connectivity index (χ4v) is 3.50. The van der Waals surface area contributed by atoms with Gasteiger partial charge in [-0.05, 0) is 24.5 Å². The predicted molar refractivity (Wildman–Crippen MR) is 116 cm³/mol. The smallest absolute Gasteiger partial charge is 0.326 e. The highest BCUT2D eigenvalue weighted by molar-refractivity contribution is 6.09. The zero-order valence-electron chi connectivity index (χ0n) is 18.0. The van der Waals surface area contributed by atoms with Crippen molar-refractivity contribution in [1.82, 2.24) is 10.2 Å². The number of non-ortho nitro benzene ring substituents is 1. The van der Waals surface area contributed by atoms with Crippen molar-refractivity contribution in [3.8, 4) is 0 Å². The van der Waals surface area contributed by atoms with Gasteiger partial charge in [0.15, 0.2) is 6.61 Å². The van der Waals surface area contributed by atoms with Gasteiger partial charge in [0.05, 0.1) is 10.6 Å². The Morgan fingerprint density at radius 3 is 2.52 bits per heavy atom. The first-order valence-electron chi connectivity index (χ1n) is 10.1. The highest BCUT2D eigenvalue weighted by Crippen LogP contribution is 2.32. The van der Waals surface area contributed by atoms with Crippen LogP contribution in [0.2, 0.25) is 0 Å². The van der Waals surface area contributed by atoms with Crippen molar-refractivity contribution in [1.29, 1.82) is 0 Å². The maximum atomic E-state index is 13.0. The Bertz CT molecular complexity index is 1120. The van der Waals surface area contributed by atoms with Gasteiger partial charge < -0.3 is 15.4 Å². The molecule has 1 atom stereocenters. The monoisotopic (exact) mass is 454 g/mol. The lowest BCUT2D eigenvalue weighted by Crippen LogP contribution is -2.44. The van der Waals surface area contributed by atoms with E-state index in [0.29, 0.717) is 11.1 Å². The van der Waals surface area contributed by atoms with Crippen molar-refractivity contribution < 1.29 is 28.8 Å². The third kappa shape index (κ3) is 4.81. The summed E-state index contributed by atoms with van der Waals surface area (Å²) in [4.78, 5) is 60.8. The van der Waals surface area contributed by atoms with Crippen molar-refractivity contribution in [3.63, 3.8) is 0 Å². The van der Waals surface area contributed by atoms with Crippen LogP contribution in [0.5, 0.6) is 0 Å². The molecule has 172 valence electrons. The molecule has 0 saturated carbocycles. The van der Waals surface area contributed by atoms with Gasteiger partial charge in [0.1, 0.15) is 12.1 Å². The summed E-state index contributed by atoms with van der Waals surface area (Å²) in [6.07, 6.45) is 0.276. The second-order valence-electron chi connectivity index (χ2n) is 7.41. The summed E-state index contributed by atoms with van der Waals surface area (Å²) >= 11 is 0. The van der Waals surface area contributed by atoms with E-state index in [9.17, 15) is 29.3 Å². The van der Waals surface area contributed by atoms with Crippen LogP contribution in [-0.2, 0) is 24.7 Å². The van der Waals surface area contributed by atoms with Crippen LogP contribution in [0.25, 0.3) is 0 Å². The van der Waals surface area contributed by atoms with E-state index in [4.69, 9.17) is 4.74 Å². The van der Waals surface area contributed by atoms with E-state index in [1.54, 1.807) is 44.2 Å². The number of aryl methyl sites for hydroxylation is 1. The van der Waals surface area contributed by atoms with Crippen LogP contribution in [0, 0.1) is 17.0 Å². The van der Waals surface area contributed by atoms with E-state index >= 15 is 0 Å². The Morgan fingerprint density at radius 2 is 1.88 bits per heavy atom. The van der Waals surface area contributed by atoms with Crippen LogP contribution in [0.15, 0.2) is 48.5 Å². The van der Waals surface area contributed by atoms with E-state index in [1.165, 1.54) is 18.2 Å². The van der Waals surface area contributed by atoms with Crippen LogP contribution in [-0.4, -0.2) is 46.8 Å². The summed E-state index contributed by atoms with van der Waals surface area (Å²) in [5.74, 6) is -2.27. The molecule has 1 aliphatic rings. The summed E-state index contributed by atoms with van der Waals surface area (Å²) in [6, 6.07) is 11.9. The first-order valence-corrected chi connectivity index (χ1v) is 10.1. The Hall–Kier alpha value is -4.28. The molecule has 1 aliphatic heterocycles. The first kappa shape index (κ1) is 23.4. The minimum absolute atomic E-state index is 0.204. The molecule has 1 fully saturated rings. The Morgan fingerprint density at radius 1 is 1.18 bits per heavy atom. The van der Waals surface area contributed by atoms with Crippen molar-refractivity contribution in [2.75, 3.05) is 18.5 Å². The van der Waals surface area contributed by atoms with E-state index in [1.807, 2.05) is 0 Å². The molecule has 1 saturated heterocycles. The largest absolute Gasteiger partial charge is 0.454 e. The molecule has 1 heterocycles. The fraction of sp³-hybridized carbons (Fsp3) is 0.273. The number of imide groups is 1. The molecular formula is C22H22N4O7. The number of hydrogen-bond donors (Lipinski definition) is 2. The van der Waals surface area contributed by atoms with Crippen molar-refractivity contribution >= 4 is 35.2 Å². The van der Waals surface area contributed by atoms with Gasteiger partial charge in [0.25, 0.3) is 17.5 Å². The number of anilines is 1. The Labute approximate surface area is 188 Å². The lowest BCUT2D eigenvalue weighted by Gasteiger charge is -2.25. The van der Waals surface area contributed by atoms with E-state index in [-0.39, 0.29) is 17.8 Å². The zero-order valence-corrected chi connectivity index (χ0v) is 18.0. The number of ether oxygens (including phenoxy) is 1. The Kier molecular flexibility index (Phi) is 6.71. The molecule has 11 nitrogen and oxygen atoms in total. The third-order valence-electron chi connectivity index (χ3n) is 5.33. The van der Waals surface area contributed by atoms with E-state index in [0.717, 1.165) is 4.90 Å². The van der Waals surface area contributed by atoms with Crippen molar-refractivity contribution in [2.24, 2.45) is 0 Å². The molecule has 3 rings (SSSR count). The second kappa shape index (κ2) is 9.47. The molecule has 0 aliphatic carbocycles. The van der Waals surface area contributed by atoms with Gasteiger partial charge in [0, 0.05) is 12.1 Å². The molecule has 2 aromatic carbocycles. The highest BCUT2D eigenvalue weighted by Gasteiger charge is 2.51. The van der Waals surface area contributed by atoms with E-state index in [2.05, 4.69) is 10.6 Å². The number of amides is 4. The van der Waals surface area contributed by atoms with Gasteiger partial charge in [0.2, 0.25) is 0 Å². The summed E-state index contributed by atoms with van der Waals surface area (Å²) < 4.78 is 4.90. The molecule has 0 spiro atoms. The molecule has 2 aromatic rings. The van der Waals surface area contributed by atoms with Crippen molar-refractivity contribution in [2.45, 2.75) is 25.8 Å². The molecule has 1 unspecified atom stereocenters. The molecule has 0 aromatic heterocycles. The van der Waals surface area contributed by atoms with Gasteiger partial charge in [-0.15, -0.1) is 0 Å². The number of benzene rings is 2. The molecule has 0 radical (unpaired) electrons. The molecule has 4 amide bonds. The van der Waals surface area contributed by atoms with E-state index < -0.39 is 47.4 Å². The Balaban J connectivity index is 1.60. The quantitative estimate of drug-likeness (QED) is 0.269. The normalized spacial score (nSPS) is 17.5. The number of nitro groups is 1.